The first kappa shape index (κ1) is 18.6. The van der Waals surface area contributed by atoms with E-state index in [4.69, 9.17) is 4.74 Å². The summed E-state index contributed by atoms with van der Waals surface area (Å²) in [6.07, 6.45) is 0.231. The molecule has 0 unspecified atom stereocenters. The Hall–Kier alpha value is -2.74. The van der Waals surface area contributed by atoms with Gasteiger partial charge in [0.2, 0.25) is 5.91 Å². The van der Waals surface area contributed by atoms with Gasteiger partial charge in [0.25, 0.3) is 5.91 Å². The molecule has 0 atom stereocenters. The molecular weight excluding hydrogens is 347 g/mol. The molecule has 25 heavy (non-hydrogen) atoms. The maximum absolute atomic E-state index is 12.9. The number of carbonyl (C=O) groups excluding carboxylic acids is 3. The summed E-state index contributed by atoms with van der Waals surface area (Å²) in [5.41, 5.74) is 0.972. The number of benzene rings is 1. The molecule has 6 nitrogen and oxygen atoms in total. The zero-order valence-corrected chi connectivity index (χ0v) is 14.8. The van der Waals surface area contributed by atoms with Gasteiger partial charge in [-0.05, 0) is 36.8 Å². The van der Waals surface area contributed by atoms with Gasteiger partial charge in [-0.25, -0.2) is 9.18 Å². The van der Waals surface area contributed by atoms with Crippen LogP contribution >= 0.6 is 11.3 Å². The number of nitrogens with one attached hydrogen (secondary N) is 2. The summed E-state index contributed by atoms with van der Waals surface area (Å²) in [5, 5.41) is 5.51. The predicted octanol–water partition coefficient (Wildman–Crippen LogP) is 3.58. The van der Waals surface area contributed by atoms with Crippen molar-refractivity contribution >= 4 is 39.8 Å². The van der Waals surface area contributed by atoms with Gasteiger partial charge >= 0.3 is 5.97 Å². The van der Waals surface area contributed by atoms with Crippen molar-refractivity contribution in [1.29, 1.82) is 0 Å². The van der Waals surface area contributed by atoms with E-state index in [-0.39, 0.29) is 27.8 Å². The third kappa shape index (κ3) is 4.21. The number of methoxy groups -OCH3 is 1. The summed E-state index contributed by atoms with van der Waals surface area (Å²) in [6.45, 7) is 3.28. The maximum Gasteiger partial charge on any atom is 0.341 e. The molecule has 1 aromatic heterocycles. The number of amides is 2. The summed E-state index contributed by atoms with van der Waals surface area (Å²) in [6, 6.07) is 5.31. The lowest BCUT2D eigenvalue weighted by molar-refractivity contribution is -0.115. The van der Waals surface area contributed by atoms with E-state index in [1.807, 2.05) is 0 Å². The molecule has 2 rings (SSSR count). The average molecular weight is 364 g/mol. The van der Waals surface area contributed by atoms with E-state index >= 15 is 0 Å². The Morgan fingerprint density at radius 3 is 2.36 bits per heavy atom. The second-order valence-electron chi connectivity index (χ2n) is 5.11. The molecule has 0 radical (unpaired) electrons. The van der Waals surface area contributed by atoms with Crippen molar-refractivity contribution in [2.45, 2.75) is 20.3 Å². The number of rotatable bonds is 5. The molecule has 1 aromatic carbocycles. The standard InChI is InChI=1S/C17H17FN2O4S/c1-4-12(21)20-16-13(17(23)24-3)9(2)14(25-16)15(22)19-11-7-5-10(18)6-8-11/h5-8H,4H2,1-3H3,(H,19,22)(H,20,21). The van der Waals surface area contributed by atoms with Crippen LogP contribution in [0.5, 0.6) is 0 Å². The van der Waals surface area contributed by atoms with Crippen molar-refractivity contribution in [3.05, 3.63) is 46.1 Å². The van der Waals surface area contributed by atoms with Gasteiger partial charge in [-0.2, -0.15) is 0 Å². The van der Waals surface area contributed by atoms with Crippen molar-refractivity contribution in [3.8, 4) is 0 Å². The van der Waals surface area contributed by atoms with Gasteiger partial charge in [0, 0.05) is 12.1 Å². The fraction of sp³-hybridized carbons (Fsp3) is 0.235. The Morgan fingerprint density at radius 1 is 1.16 bits per heavy atom. The van der Waals surface area contributed by atoms with Crippen molar-refractivity contribution in [2.24, 2.45) is 0 Å². The molecule has 0 saturated carbocycles. The molecule has 8 heteroatoms. The molecule has 132 valence electrons. The molecule has 2 amide bonds. The van der Waals surface area contributed by atoms with E-state index in [1.54, 1.807) is 13.8 Å². The average Bonchev–Trinajstić information content (AvgIpc) is 2.92. The topological polar surface area (TPSA) is 84.5 Å². The zero-order chi connectivity index (χ0) is 18.6. The Bertz CT molecular complexity index is 815. The largest absolute Gasteiger partial charge is 0.465 e. The summed E-state index contributed by atoms with van der Waals surface area (Å²) < 4.78 is 17.7. The van der Waals surface area contributed by atoms with Crippen LogP contribution in [0, 0.1) is 12.7 Å². The van der Waals surface area contributed by atoms with Crippen LogP contribution in [0.3, 0.4) is 0 Å². The van der Waals surface area contributed by atoms with E-state index in [2.05, 4.69) is 10.6 Å². The fourth-order valence-electron chi connectivity index (χ4n) is 2.10. The third-order valence-electron chi connectivity index (χ3n) is 3.42. The summed E-state index contributed by atoms with van der Waals surface area (Å²) >= 11 is 0.985. The monoisotopic (exact) mass is 364 g/mol. The Kier molecular flexibility index (Phi) is 5.87. The number of esters is 1. The van der Waals surface area contributed by atoms with Crippen molar-refractivity contribution < 1.29 is 23.5 Å². The SMILES string of the molecule is CCC(=O)Nc1sc(C(=O)Nc2ccc(F)cc2)c(C)c1C(=O)OC. The van der Waals surface area contributed by atoms with Gasteiger partial charge in [0.15, 0.2) is 0 Å². The summed E-state index contributed by atoms with van der Waals surface area (Å²) in [7, 11) is 1.23. The highest BCUT2D eigenvalue weighted by atomic mass is 32.1. The first-order valence-electron chi connectivity index (χ1n) is 7.45. The van der Waals surface area contributed by atoms with Crippen LogP contribution in [0.2, 0.25) is 0 Å². The molecule has 0 saturated heterocycles. The summed E-state index contributed by atoms with van der Waals surface area (Å²) in [5.74, 6) is -1.79. The van der Waals surface area contributed by atoms with E-state index < -0.39 is 17.7 Å². The number of thiophene rings is 1. The molecule has 0 bridgehead atoms. The van der Waals surface area contributed by atoms with Crippen molar-refractivity contribution in [1.82, 2.24) is 0 Å². The zero-order valence-electron chi connectivity index (χ0n) is 13.9. The predicted molar refractivity (Wildman–Crippen MR) is 93.7 cm³/mol. The Labute approximate surface area is 148 Å². The first-order chi connectivity index (χ1) is 11.9. The van der Waals surface area contributed by atoms with E-state index in [0.717, 1.165) is 11.3 Å². The number of hydrogen-bond acceptors (Lipinski definition) is 5. The van der Waals surface area contributed by atoms with Crippen LogP contribution in [0.25, 0.3) is 0 Å². The minimum atomic E-state index is -0.638. The highest BCUT2D eigenvalue weighted by molar-refractivity contribution is 7.18. The lowest BCUT2D eigenvalue weighted by Gasteiger charge is -2.05. The number of anilines is 2. The van der Waals surface area contributed by atoms with Gasteiger partial charge in [-0.1, -0.05) is 6.92 Å². The van der Waals surface area contributed by atoms with Crippen molar-refractivity contribution in [2.75, 3.05) is 17.7 Å². The molecule has 1 heterocycles. The highest BCUT2D eigenvalue weighted by Gasteiger charge is 2.26. The molecular formula is C17H17FN2O4S. The van der Waals surface area contributed by atoms with Crippen LogP contribution in [0.4, 0.5) is 15.1 Å². The van der Waals surface area contributed by atoms with Crippen molar-refractivity contribution in [3.63, 3.8) is 0 Å². The normalized spacial score (nSPS) is 10.2. The highest BCUT2D eigenvalue weighted by Crippen LogP contribution is 2.34. The second kappa shape index (κ2) is 7.89. The fourth-order valence-corrected chi connectivity index (χ4v) is 3.21. The van der Waals surface area contributed by atoms with E-state index in [1.165, 1.54) is 31.4 Å². The van der Waals surface area contributed by atoms with Crippen LogP contribution in [-0.2, 0) is 9.53 Å². The van der Waals surface area contributed by atoms with E-state index in [0.29, 0.717) is 11.3 Å². The summed E-state index contributed by atoms with van der Waals surface area (Å²) in [4.78, 5) is 36.4. The van der Waals surface area contributed by atoms with Crippen LogP contribution in [0.15, 0.2) is 24.3 Å². The smallest absolute Gasteiger partial charge is 0.341 e. The van der Waals surface area contributed by atoms with Crippen LogP contribution in [0.1, 0.15) is 38.9 Å². The Morgan fingerprint density at radius 2 is 1.80 bits per heavy atom. The van der Waals surface area contributed by atoms with Gasteiger partial charge < -0.3 is 15.4 Å². The van der Waals surface area contributed by atoms with Crippen LogP contribution < -0.4 is 10.6 Å². The molecule has 0 aliphatic carbocycles. The van der Waals surface area contributed by atoms with Gasteiger partial charge in [-0.15, -0.1) is 11.3 Å². The minimum Gasteiger partial charge on any atom is -0.465 e. The lowest BCUT2D eigenvalue weighted by Crippen LogP contribution is -2.13. The number of ether oxygens (including phenoxy) is 1. The molecule has 0 aliphatic rings. The second-order valence-corrected chi connectivity index (χ2v) is 6.14. The molecule has 2 aromatic rings. The molecule has 2 N–H and O–H groups in total. The van der Waals surface area contributed by atoms with Gasteiger partial charge in [0.1, 0.15) is 10.8 Å². The third-order valence-corrected chi connectivity index (χ3v) is 4.62. The van der Waals surface area contributed by atoms with Gasteiger partial charge in [0.05, 0.1) is 17.6 Å². The number of hydrogen-bond donors (Lipinski definition) is 2. The number of halogens is 1. The maximum atomic E-state index is 12.9. The molecule has 0 fully saturated rings. The Balaban J connectivity index is 2.36. The van der Waals surface area contributed by atoms with E-state index in [9.17, 15) is 18.8 Å². The number of carbonyl (C=O) groups is 3. The lowest BCUT2D eigenvalue weighted by atomic mass is 10.1. The molecule has 0 aliphatic heterocycles. The first-order valence-corrected chi connectivity index (χ1v) is 8.27. The minimum absolute atomic E-state index is 0.151. The molecule has 0 spiro atoms. The van der Waals surface area contributed by atoms with Gasteiger partial charge in [-0.3, -0.25) is 9.59 Å². The van der Waals surface area contributed by atoms with Crippen LogP contribution in [-0.4, -0.2) is 24.9 Å². The quantitative estimate of drug-likeness (QED) is 0.794.